The van der Waals surface area contributed by atoms with Crippen molar-refractivity contribution in [3.63, 3.8) is 0 Å². The molecule has 1 aromatic rings. The molecule has 7 nitrogen and oxygen atoms in total. The van der Waals surface area contributed by atoms with E-state index in [2.05, 4.69) is 5.32 Å². The van der Waals surface area contributed by atoms with Crippen molar-refractivity contribution in [1.29, 1.82) is 0 Å². The van der Waals surface area contributed by atoms with Gasteiger partial charge < -0.3 is 20.4 Å². The summed E-state index contributed by atoms with van der Waals surface area (Å²) in [5, 5.41) is 21.4. The first-order valence-corrected chi connectivity index (χ1v) is 6.57. The molecule has 1 saturated heterocycles. The quantitative estimate of drug-likeness (QED) is 0.751. The summed E-state index contributed by atoms with van der Waals surface area (Å²) >= 11 is 5.79. The summed E-state index contributed by atoms with van der Waals surface area (Å²) in [5.74, 6) is -2.62. The highest BCUT2D eigenvalue weighted by Crippen LogP contribution is 2.24. The van der Waals surface area contributed by atoms with Gasteiger partial charge in [0.2, 0.25) is 5.91 Å². The van der Waals surface area contributed by atoms with E-state index in [9.17, 15) is 19.5 Å². The van der Waals surface area contributed by atoms with Crippen molar-refractivity contribution in [2.75, 3.05) is 13.1 Å². The summed E-state index contributed by atoms with van der Waals surface area (Å²) in [6, 6.07) is 2.86. The fraction of sp³-hybridized carbons (Fsp3) is 0.308. The zero-order valence-corrected chi connectivity index (χ0v) is 11.6. The molecule has 112 valence electrons. The van der Waals surface area contributed by atoms with Crippen LogP contribution in [-0.4, -0.2) is 52.0 Å². The zero-order chi connectivity index (χ0) is 15.6. The van der Waals surface area contributed by atoms with Crippen LogP contribution in [0, 0.1) is 0 Å². The maximum atomic E-state index is 12.4. The molecular weight excluding hydrogens is 300 g/mol. The highest BCUT2D eigenvalue weighted by molar-refractivity contribution is 6.31. The number of hydrogen-bond acceptors (Lipinski definition) is 4. The maximum Gasteiger partial charge on any atom is 0.305 e. The summed E-state index contributed by atoms with van der Waals surface area (Å²) in [4.78, 5) is 36.2. The summed E-state index contributed by atoms with van der Waals surface area (Å²) < 4.78 is 0. The number of rotatable bonds is 3. The third-order valence-corrected chi connectivity index (χ3v) is 3.38. The molecule has 2 amide bonds. The largest absolute Gasteiger partial charge is 0.507 e. The van der Waals surface area contributed by atoms with Crippen molar-refractivity contribution >= 4 is 29.4 Å². The SMILES string of the molecule is O=C(O)CC1C(=O)NCCN1C(=O)c1cc(Cl)ccc1O. The minimum Gasteiger partial charge on any atom is -0.507 e. The second-order valence-corrected chi connectivity index (χ2v) is 5.00. The Hall–Kier alpha value is -2.28. The number of carboxylic acid groups (broad SMARTS) is 1. The number of amides is 2. The molecule has 0 radical (unpaired) electrons. The molecule has 1 unspecified atom stereocenters. The van der Waals surface area contributed by atoms with Crippen molar-refractivity contribution in [3.05, 3.63) is 28.8 Å². The Bertz CT molecular complexity index is 604. The van der Waals surface area contributed by atoms with E-state index in [0.717, 1.165) is 4.90 Å². The van der Waals surface area contributed by atoms with Crippen LogP contribution in [0.25, 0.3) is 0 Å². The molecule has 8 heteroatoms. The van der Waals surface area contributed by atoms with Crippen molar-refractivity contribution in [1.82, 2.24) is 10.2 Å². The van der Waals surface area contributed by atoms with E-state index in [0.29, 0.717) is 0 Å². The number of phenolic OH excluding ortho intramolecular Hbond substituents is 1. The summed E-state index contributed by atoms with van der Waals surface area (Å²) in [5.41, 5.74) is -0.0624. The fourth-order valence-electron chi connectivity index (χ4n) is 2.16. The number of nitrogens with one attached hydrogen (secondary N) is 1. The Morgan fingerprint density at radius 3 is 2.81 bits per heavy atom. The van der Waals surface area contributed by atoms with Gasteiger partial charge in [-0.15, -0.1) is 0 Å². The first-order chi connectivity index (χ1) is 9.90. The van der Waals surface area contributed by atoms with Gasteiger partial charge in [0.1, 0.15) is 11.8 Å². The van der Waals surface area contributed by atoms with E-state index in [4.69, 9.17) is 16.7 Å². The smallest absolute Gasteiger partial charge is 0.305 e. The second kappa shape index (κ2) is 6.01. The number of benzene rings is 1. The van der Waals surface area contributed by atoms with Crippen LogP contribution in [0.15, 0.2) is 18.2 Å². The number of halogens is 1. The zero-order valence-electron chi connectivity index (χ0n) is 10.9. The van der Waals surface area contributed by atoms with E-state index >= 15 is 0 Å². The van der Waals surface area contributed by atoms with Crippen LogP contribution in [-0.2, 0) is 9.59 Å². The Labute approximate surface area is 125 Å². The van der Waals surface area contributed by atoms with E-state index in [-0.39, 0.29) is 29.4 Å². The van der Waals surface area contributed by atoms with Gasteiger partial charge in [-0.05, 0) is 18.2 Å². The van der Waals surface area contributed by atoms with Crippen LogP contribution in [0.3, 0.4) is 0 Å². The van der Waals surface area contributed by atoms with E-state index < -0.39 is 30.2 Å². The Kier molecular flexibility index (Phi) is 4.32. The predicted molar refractivity (Wildman–Crippen MR) is 73.2 cm³/mol. The average molecular weight is 313 g/mol. The number of phenols is 1. The molecule has 3 N–H and O–H groups in total. The second-order valence-electron chi connectivity index (χ2n) is 4.56. The molecule has 1 aromatic carbocycles. The number of nitrogens with zero attached hydrogens (tertiary/aromatic N) is 1. The van der Waals surface area contributed by atoms with Crippen molar-refractivity contribution < 1.29 is 24.6 Å². The topological polar surface area (TPSA) is 107 Å². The Balaban J connectivity index is 2.32. The number of aliphatic carboxylic acids is 1. The molecule has 0 spiro atoms. The third kappa shape index (κ3) is 3.25. The van der Waals surface area contributed by atoms with Crippen LogP contribution in [0.5, 0.6) is 5.75 Å². The normalized spacial score (nSPS) is 18.2. The predicted octanol–water partition coefficient (Wildman–Crippen LogP) is 0.461. The summed E-state index contributed by atoms with van der Waals surface area (Å²) in [7, 11) is 0. The molecule has 0 aromatic heterocycles. The lowest BCUT2D eigenvalue weighted by atomic mass is 10.1. The minimum absolute atomic E-state index is 0.0624. The molecule has 21 heavy (non-hydrogen) atoms. The van der Waals surface area contributed by atoms with Gasteiger partial charge in [0, 0.05) is 18.1 Å². The molecule has 1 heterocycles. The van der Waals surface area contributed by atoms with Gasteiger partial charge in [0.25, 0.3) is 5.91 Å². The van der Waals surface area contributed by atoms with Gasteiger partial charge in [-0.1, -0.05) is 11.6 Å². The lowest BCUT2D eigenvalue weighted by Crippen LogP contribution is -2.57. The summed E-state index contributed by atoms with van der Waals surface area (Å²) in [6.45, 7) is 0.385. The number of carboxylic acids is 1. The third-order valence-electron chi connectivity index (χ3n) is 3.15. The minimum atomic E-state index is -1.19. The molecule has 0 bridgehead atoms. The highest BCUT2D eigenvalue weighted by atomic mass is 35.5. The number of carbonyl (C=O) groups is 3. The summed E-state index contributed by atoms with van der Waals surface area (Å²) in [6.07, 6.45) is -0.501. The number of carbonyl (C=O) groups excluding carboxylic acids is 2. The monoisotopic (exact) mass is 312 g/mol. The molecule has 0 saturated carbocycles. The molecule has 1 fully saturated rings. The molecule has 1 atom stereocenters. The van der Waals surface area contributed by atoms with Crippen LogP contribution in [0.2, 0.25) is 5.02 Å². The van der Waals surface area contributed by atoms with E-state index in [1.807, 2.05) is 0 Å². The molecule has 1 aliphatic heterocycles. The average Bonchev–Trinajstić information content (AvgIpc) is 2.42. The Morgan fingerprint density at radius 2 is 2.14 bits per heavy atom. The molecule has 2 rings (SSSR count). The first kappa shape index (κ1) is 15.1. The van der Waals surface area contributed by atoms with Crippen LogP contribution in [0.1, 0.15) is 16.8 Å². The van der Waals surface area contributed by atoms with Gasteiger partial charge in [-0.2, -0.15) is 0 Å². The lowest BCUT2D eigenvalue weighted by molar-refractivity contribution is -0.142. The first-order valence-electron chi connectivity index (χ1n) is 6.19. The number of hydrogen-bond donors (Lipinski definition) is 3. The lowest BCUT2D eigenvalue weighted by Gasteiger charge is -2.34. The Morgan fingerprint density at radius 1 is 1.43 bits per heavy atom. The number of aromatic hydroxyl groups is 1. The van der Waals surface area contributed by atoms with Crippen molar-refractivity contribution in [3.8, 4) is 5.75 Å². The van der Waals surface area contributed by atoms with E-state index in [1.54, 1.807) is 0 Å². The van der Waals surface area contributed by atoms with Gasteiger partial charge in [-0.3, -0.25) is 14.4 Å². The van der Waals surface area contributed by atoms with Gasteiger partial charge in [-0.25, -0.2) is 0 Å². The van der Waals surface area contributed by atoms with Gasteiger partial charge >= 0.3 is 5.97 Å². The molecule has 0 aliphatic carbocycles. The fourth-order valence-corrected chi connectivity index (χ4v) is 2.33. The van der Waals surface area contributed by atoms with Crippen LogP contribution >= 0.6 is 11.6 Å². The highest BCUT2D eigenvalue weighted by Gasteiger charge is 2.35. The van der Waals surface area contributed by atoms with Crippen molar-refractivity contribution in [2.24, 2.45) is 0 Å². The maximum absolute atomic E-state index is 12.4. The van der Waals surface area contributed by atoms with Gasteiger partial charge in [0.05, 0.1) is 12.0 Å². The molecule has 1 aliphatic rings. The number of piperazine rings is 1. The standard InChI is InChI=1S/C13H13ClN2O5/c14-7-1-2-10(17)8(5-7)13(21)16-4-3-15-12(20)9(16)6-11(18)19/h1-2,5,9,17H,3-4,6H2,(H,15,20)(H,18,19). The van der Waals surface area contributed by atoms with Crippen molar-refractivity contribution in [2.45, 2.75) is 12.5 Å². The van der Waals surface area contributed by atoms with Crippen LogP contribution in [0.4, 0.5) is 0 Å². The van der Waals surface area contributed by atoms with Gasteiger partial charge in [0.15, 0.2) is 0 Å². The van der Waals surface area contributed by atoms with E-state index in [1.165, 1.54) is 18.2 Å². The molecular formula is C13H13ClN2O5. The van der Waals surface area contributed by atoms with Crippen LogP contribution < -0.4 is 5.32 Å².